The van der Waals surface area contributed by atoms with Crippen molar-refractivity contribution in [1.29, 1.82) is 0 Å². The average molecular weight is 431 g/mol. The van der Waals surface area contributed by atoms with Crippen LogP contribution in [0.3, 0.4) is 0 Å². The van der Waals surface area contributed by atoms with Gasteiger partial charge in [0, 0.05) is 19.1 Å². The number of hydrogen-bond acceptors (Lipinski definition) is 6. The Morgan fingerprint density at radius 3 is 2.43 bits per heavy atom. The van der Waals surface area contributed by atoms with Crippen molar-refractivity contribution in [3.8, 4) is 0 Å². The Labute approximate surface area is 176 Å². The van der Waals surface area contributed by atoms with Crippen molar-refractivity contribution in [2.45, 2.75) is 6.92 Å². The van der Waals surface area contributed by atoms with Gasteiger partial charge in [0.25, 0.3) is 0 Å². The van der Waals surface area contributed by atoms with Crippen LogP contribution < -0.4 is 15.1 Å². The molecule has 0 spiro atoms. The number of nitrogens with zero attached hydrogens (tertiary/aromatic N) is 4. The Hall–Kier alpha value is -2.84. The van der Waals surface area contributed by atoms with Crippen LogP contribution >= 0.6 is 7.60 Å². The van der Waals surface area contributed by atoms with Gasteiger partial charge in [0.15, 0.2) is 0 Å². The van der Waals surface area contributed by atoms with Crippen LogP contribution in [0, 0.1) is 6.92 Å². The van der Waals surface area contributed by atoms with Gasteiger partial charge < -0.3 is 24.9 Å². The molecule has 3 rings (SSSR count). The fourth-order valence-electron chi connectivity index (χ4n) is 2.41. The van der Waals surface area contributed by atoms with Gasteiger partial charge in [-0.25, -0.2) is 15.0 Å². The lowest BCUT2D eigenvalue weighted by atomic mass is 10.1. The molecule has 30 heavy (non-hydrogen) atoms. The van der Waals surface area contributed by atoms with Crippen LogP contribution in [0.2, 0.25) is 0 Å². The van der Waals surface area contributed by atoms with Crippen LogP contribution in [0.4, 0.5) is 17.3 Å². The number of aromatic nitrogens is 3. The van der Waals surface area contributed by atoms with E-state index < -0.39 is 7.60 Å². The van der Waals surface area contributed by atoms with Gasteiger partial charge in [-0.05, 0) is 36.8 Å². The predicted octanol–water partition coefficient (Wildman–Crippen LogP) is 1.92. The van der Waals surface area contributed by atoms with Crippen molar-refractivity contribution in [3.63, 3.8) is 0 Å². The molecule has 0 saturated heterocycles. The molecule has 0 aliphatic rings. The van der Waals surface area contributed by atoms with E-state index in [0.29, 0.717) is 0 Å². The lowest BCUT2D eigenvalue weighted by Crippen LogP contribution is -3.00. The number of nitrogens with one attached hydrogen (secondary N) is 2. The zero-order chi connectivity index (χ0) is 22.3. The molecule has 0 amide bonds. The average Bonchev–Trinajstić information content (AvgIpc) is 2.65. The van der Waals surface area contributed by atoms with Crippen LogP contribution in [-0.4, -0.2) is 52.5 Å². The Kier molecular flexibility index (Phi) is 8.02. The van der Waals surface area contributed by atoms with E-state index >= 15 is 0 Å². The van der Waals surface area contributed by atoms with Crippen molar-refractivity contribution in [2.24, 2.45) is 0 Å². The molecule has 3 aromatic rings. The lowest BCUT2D eigenvalue weighted by Gasteiger charge is -2.14. The number of fused-ring (bicyclic) bond motifs is 1. The normalized spacial score (nSPS) is 11.5. The van der Waals surface area contributed by atoms with Gasteiger partial charge in [-0.3, -0.25) is 4.57 Å². The van der Waals surface area contributed by atoms with Gasteiger partial charge in [-0.1, -0.05) is 6.07 Å². The standard InChI is InChI=1S/C19H22N6.CH5O3P/c1-14-5-7-16-17(11-14)21-13-22-19(16)23-15-6-8-18(20-12-15)25(4)10-9-24(2)3;1-5(2,3)4/h5-13H,1-4H3,(H,21,22,23);1H3,(H2,2,3,4)/p+1/b10-9-;. The number of pyridine rings is 1. The maximum absolute atomic E-state index is 9.33. The summed E-state index contributed by atoms with van der Waals surface area (Å²) in [5.41, 5.74) is 3.00. The van der Waals surface area contributed by atoms with Crippen LogP contribution in [0.5, 0.6) is 0 Å². The molecule has 0 aliphatic carbocycles. The molecule has 160 valence electrons. The van der Waals surface area contributed by atoms with E-state index in [2.05, 4.69) is 59.6 Å². The van der Waals surface area contributed by atoms with Crippen molar-refractivity contribution >= 4 is 35.8 Å². The SMILES string of the molecule is CP(=O)(O)O.Cc1ccc2c(Nc3ccc(N(C)/C=C\[NH+](C)C)nc3)ncnc2c1. The third-order valence-electron chi connectivity index (χ3n) is 3.80. The number of quaternary nitrogens is 1. The highest BCUT2D eigenvalue weighted by Gasteiger charge is 2.06. The van der Waals surface area contributed by atoms with E-state index in [0.717, 1.165) is 34.9 Å². The predicted molar refractivity (Wildman–Crippen MR) is 120 cm³/mol. The minimum atomic E-state index is -3.64. The van der Waals surface area contributed by atoms with Gasteiger partial charge in [0.05, 0.1) is 37.7 Å². The summed E-state index contributed by atoms with van der Waals surface area (Å²) in [6.07, 6.45) is 7.45. The van der Waals surface area contributed by atoms with Gasteiger partial charge in [-0.15, -0.1) is 0 Å². The number of aryl methyl sites for hydroxylation is 1. The molecule has 0 atom stereocenters. The molecule has 0 aliphatic heterocycles. The molecular formula is C20H28N6O3P+. The highest BCUT2D eigenvalue weighted by Crippen LogP contribution is 2.26. The highest BCUT2D eigenvalue weighted by molar-refractivity contribution is 7.50. The lowest BCUT2D eigenvalue weighted by molar-refractivity contribution is -0.801. The van der Waals surface area contributed by atoms with Gasteiger partial charge in [0.2, 0.25) is 0 Å². The molecular weight excluding hydrogens is 403 g/mol. The van der Waals surface area contributed by atoms with Crippen molar-refractivity contribution in [3.05, 3.63) is 60.8 Å². The number of benzene rings is 1. The quantitative estimate of drug-likeness (QED) is 0.453. The van der Waals surface area contributed by atoms with Crippen molar-refractivity contribution in [2.75, 3.05) is 38.0 Å². The maximum Gasteiger partial charge on any atom is 0.322 e. The first-order valence-corrected chi connectivity index (χ1v) is 11.3. The minimum absolute atomic E-state index is 0.781. The summed E-state index contributed by atoms with van der Waals surface area (Å²) >= 11 is 0. The second-order valence-corrected chi connectivity index (χ2v) is 8.78. The Balaban J connectivity index is 0.000000575. The van der Waals surface area contributed by atoms with Gasteiger partial charge >= 0.3 is 7.60 Å². The summed E-state index contributed by atoms with van der Waals surface area (Å²) in [5.74, 6) is 1.66. The molecule has 4 N–H and O–H groups in total. The maximum atomic E-state index is 9.33. The first-order valence-electron chi connectivity index (χ1n) is 9.21. The summed E-state index contributed by atoms with van der Waals surface area (Å²) in [6, 6.07) is 10.1. The molecule has 0 radical (unpaired) electrons. The third kappa shape index (κ3) is 7.88. The largest absolute Gasteiger partial charge is 0.338 e. The molecule has 1 aromatic carbocycles. The topological polar surface area (TPSA) is 116 Å². The van der Waals surface area contributed by atoms with E-state index in [4.69, 9.17) is 9.79 Å². The van der Waals surface area contributed by atoms with Crippen molar-refractivity contribution in [1.82, 2.24) is 15.0 Å². The molecule has 2 aromatic heterocycles. The number of hydrogen-bond donors (Lipinski definition) is 4. The van der Waals surface area contributed by atoms with Crippen LogP contribution in [0.1, 0.15) is 5.56 Å². The van der Waals surface area contributed by atoms with E-state index in [1.165, 1.54) is 10.5 Å². The minimum Gasteiger partial charge on any atom is -0.338 e. The summed E-state index contributed by atoms with van der Waals surface area (Å²) in [7, 11) is 2.48. The highest BCUT2D eigenvalue weighted by atomic mass is 31.2. The van der Waals surface area contributed by atoms with Crippen LogP contribution in [-0.2, 0) is 4.57 Å². The van der Waals surface area contributed by atoms with E-state index in [1.54, 1.807) is 6.33 Å². The van der Waals surface area contributed by atoms with Crippen molar-refractivity contribution < 1.29 is 19.3 Å². The van der Waals surface area contributed by atoms with E-state index in [1.807, 2.05) is 42.5 Å². The molecule has 9 nitrogen and oxygen atoms in total. The van der Waals surface area contributed by atoms with Gasteiger partial charge in [0.1, 0.15) is 24.2 Å². The molecule has 2 heterocycles. The zero-order valence-electron chi connectivity index (χ0n) is 17.7. The number of anilines is 3. The Morgan fingerprint density at radius 1 is 1.13 bits per heavy atom. The van der Waals surface area contributed by atoms with Crippen LogP contribution in [0.25, 0.3) is 10.9 Å². The smallest absolute Gasteiger partial charge is 0.322 e. The fourth-order valence-corrected chi connectivity index (χ4v) is 2.41. The van der Waals surface area contributed by atoms with E-state index in [9.17, 15) is 4.57 Å². The second kappa shape index (κ2) is 10.3. The van der Waals surface area contributed by atoms with Gasteiger partial charge in [-0.2, -0.15) is 0 Å². The Bertz CT molecular complexity index is 1040. The van der Waals surface area contributed by atoms with Crippen LogP contribution in [0.15, 0.2) is 55.3 Å². The molecule has 0 saturated carbocycles. The Morgan fingerprint density at radius 2 is 1.83 bits per heavy atom. The summed E-state index contributed by atoms with van der Waals surface area (Å²) < 4.78 is 9.33. The first kappa shape index (κ1) is 23.4. The first-order chi connectivity index (χ1) is 14.0. The molecule has 0 fully saturated rings. The summed E-state index contributed by atoms with van der Waals surface area (Å²) in [6.45, 7) is 2.91. The number of rotatable bonds is 5. The molecule has 0 unspecified atom stereocenters. The van der Waals surface area contributed by atoms with E-state index in [-0.39, 0.29) is 0 Å². The molecule has 10 heteroatoms. The summed E-state index contributed by atoms with van der Waals surface area (Å²) in [5, 5.41) is 4.32. The fraction of sp³-hybridized carbons (Fsp3) is 0.250. The molecule has 0 bridgehead atoms. The monoisotopic (exact) mass is 431 g/mol. The second-order valence-electron chi connectivity index (χ2n) is 7.11. The third-order valence-corrected chi connectivity index (χ3v) is 3.80. The zero-order valence-corrected chi connectivity index (χ0v) is 18.6. The summed E-state index contributed by atoms with van der Waals surface area (Å²) in [4.78, 5) is 31.7.